The van der Waals surface area contributed by atoms with Crippen LogP contribution in [0.3, 0.4) is 0 Å². The minimum absolute atomic E-state index is 0.0621. The molecule has 3 aliphatic rings. The molecule has 45 heavy (non-hydrogen) atoms. The number of nitrogens with zero attached hydrogens (tertiary/aromatic N) is 3. The van der Waals surface area contributed by atoms with Gasteiger partial charge in [0.15, 0.2) is 11.9 Å². The van der Waals surface area contributed by atoms with E-state index in [0.29, 0.717) is 6.42 Å². The first kappa shape index (κ1) is 30.9. The number of amides is 3. The number of benzene rings is 3. The largest absolute Gasteiger partial charge is 0.334 e. The van der Waals surface area contributed by atoms with Gasteiger partial charge in [0.25, 0.3) is 0 Å². The molecule has 3 aromatic carbocycles. The van der Waals surface area contributed by atoms with Crippen LogP contribution in [-0.2, 0) is 38.4 Å². The molecule has 6 rings (SSSR count). The smallest absolute Gasteiger partial charge is 0.246 e. The molecule has 1 aliphatic carbocycles. The lowest BCUT2D eigenvalue weighted by Crippen LogP contribution is -2.74. The molecule has 3 aromatic rings. The summed E-state index contributed by atoms with van der Waals surface area (Å²) < 4.78 is 0. The predicted octanol–water partition coefficient (Wildman–Crippen LogP) is 2.90. The first-order chi connectivity index (χ1) is 21.5. The maximum absolute atomic E-state index is 14.5. The van der Waals surface area contributed by atoms with Crippen molar-refractivity contribution in [3.8, 4) is 0 Å². The van der Waals surface area contributed by atoms with Crippen molar-refractivity contribution in [2.45, 2.75) is 76.9 Å². The Morgan fingerprint density at radius 3 is 2.24 bits per heavy atom. The van der Waals surface area contributed by atoms with Crippen molar-refractivity contribution >= 4 is 34.8 Å². The molecule has 9 nitrogen and oxygen atoms in total. The van der Waals surface area contributed by atoms with E-state index in [4.69, 9.17) is 0 Å². The number of fused-ring (bicyclic) bond motifs is 3. The summed E-state index contributed by atoms with van der Waals surface area (Å²) in [6.07, 6.45) is 2.00. The Morgan fingerprint density at radius 1 is 0.978 bits per heavy atom. The molecule has 2 fully saturated rings. The zero-order chi connectivity index (χ0) is 32.1. The summed E-state index contributed by atoms with van der Waals surface area (Å²) in [6.45, 7) is 7.57. The molecule has 0 spiro atoms. The van der Waals surface area contributed by atoms with Gasteiger partial charge >= 0.3 is 0 Å². The highest BCUT2D eigenvalue weighted by molar-refractivity contribution is 5.93. The standard InChI is InChI=1S/C36H43N5O4/c1-23(37-5)33(44)38-36(22-42,35(2,3)4)40-21-32(43)41-30(17-24-14-15-25-10-6-7-11-26(25)16-24)34(45)39(20-31(40)41)29-18-27-12-8-9-13-28(27)19-29/h6-16,22-23,29-31,37H,17-21H2,1-5H3,(H,38,44)/t23-,30-,31+,36-/m0/s1. The molecule has 0 saturated carbocycles. The molecular formula is C36H43N5O4. The molecule has 2 saturated heterocycles. The van der Waals surface area contributed by atoms with E-state index in [2.05, 4.69) is 41.0 Å². The van der Waals surface area contributed by atoms with Gasteiger partial charge in [0.2, 0.25) is 17.7 Å². The van der Waals surface area contributed by atoms with Gasteiger partial charge in [-0.2, -0.15) is 0 Å². The van der Waals surface area contributed by atoms with Crippen molar-refractivity contribution in [1.82, 2.24) is 25.3 Å². The highest BCUT2D eigenvalue weighted by Gasteiger charge is 2.60. The maximum atomic E-state index is 14.5. The summed E-state index contributed by atoms with van der Waals surface area (Å²) in [5.41, 5.74) is 1.14. The summed E-state index contributed by atoms with van der Waals surface area (Å²) in [7, 11) is 1.69. The molecule has 0 bridgehead atoms. The van der Waals surface area contributed by atoms with Crippen LogP contribution in [0.1, 0.15) is 44.4 Å². The highest BCUT2D eigenvalue weighted by atomic mass is 16.2. The molecule has 3 amide bonds. The quantitative estimate of drug-likeness (QED) is 0.381. The van der Waals surface area contributed by atoms with E-state index in [1.165, 1.54) is 11.1 Å². The zero-order valence-electron chi connectivity index (χ0n) is 26.7. The van der Waals surface area contributed by atoms with Gasteiger partial charge in [-0.3, -0.25) is 19.2 Å². The zero-order valence-corrected chi connectivity index (χ0v) is 26.7. The van der Waals surface area contributed by atoms with Crippen molar-refractivity contribution in [3.05, 3.63) is 83.4 Å². The van der Waals surface area contributed by atoms with Crippen LogP contribution in [0.4, 0.5) is 0 Å². The van der Waals surface area contributed by atoms with Crippen molar-refractivity contribution in [1.29, 1.82) is 0 Å². The minimum atomic E-state index is -1.50. The van der Waals surface area contributed by atoms with Crippen LogP contribution in [0.2, 0.25) is 0 Å². The number of hydrogen-bond acceptors (Lipinski definition) is 6. The number of nitrogens with one attached hydrogen (secondary N) is 2. The number of piperazine rings is 1. The summed E-state index contributed by atoms with van der Waals surface area (Å²) in [5, 5.41) is 8.16. The Bertz CT molecular complexity index is 1620. The third kappa shape index (κ3) is 5.32. The molecule has 2 aliphatic heterocycles. The van der Waals surface area contributed by atoms with Gasteiger partial charge in [0.1, 0.15) is 12.2 Å². The normalized spacial score (nSPS) is 22.7. The predicted molar refractivity (Wildman–Crippen MR) is 173 cm³/mol. The second-order valence-corrected chi connectivity index (χ2v) is 13.8. The second-order valence-electron chi connectivity index (χ2n) is 13.8. The van der Waals surface area contributed by atoms with Gasteiger partial charge in [-0.1, -0.05) is 87.5 Å². The van der Waals surface area contributed by atoms with Crippen molar-refractivity contribution in [2.24, 2.45) is 5.41 Å². The van der Waals surface area contributed by atoms with E-state index in [1.54, 1.807) is 18.9 Å². The van der Waals surface area contributed by atoms with Gasteiger partial charge in [0, 0.05) is 17.9 Å². The molecule has 236 valence electrons. The highest BCUT2D eigenvalue weighted by Crippen LogP contribution is 2.40. The molecule has 4 atom stereocenters. The maximum Gasteiger partial charge on any atom is 0.246 e. The van der Waals surface area contributed by atoms with E-state index in [1.807, 2.05) is 67.0 Å². The topological polar surface area (TPSA) is 102 Å². The fourth-order valence-corrected chi connectivity index (χ4v) is 7.40. The summed E-state index contributed by atoms with van der Waals surface area (Å²) >= 11 is 0. The van der Waals surface area contributed by atoms with E-state index >= 15 is 0 Å². The Balaban J connectivity index is 1.41. The monoisotopic (exact) mass is 609 g/mol. The van der Waals surface area contributed by atoms with Crippen LogP contribution < -0.4 is 10.6 Å². The Hall–Kier alpha value is -4.08. The van der Waals surface area contributed by atoms with Crippen molar-refractivity contribution in [3.63, 3.8) is 0 Å². The number of aldehydes is 1. The first-order valence-corrected chi connectivity index (χ1v) is 15.9. The molecule has 2 N–H and O–H groups in total. The van der Waals surface area contributed by atoms with Crippen molar-refractivity contribution in [2.75, 3.05) is 20.1 Å². The fraction of sp³-hybridized carbons (Fsp3) is 0.444. The minimum Gasteiger partial charge on any atom is -0.334 e. The summed E-state index contributed by atoms with van der Waals surface area (Å²) in [5.74, 6) is -0.638. The lowest BCUT2D eigenvalue weighted by Gasteiger charge is -2.53. The van der Waals surface area contributed by atoms with Crippen LogP contribution in [0.5, 0.6) is 0 Å². The first-order valence-electron chi connectivity index (χ1n) is 15.9. The van der Waals surface area contributed by atoms with Gasteiger partial charge in [-0.05, 0) is 54.3 Å². The summed E-state index contributed by atoms with van der Waals surface area (Å²) in [6, 6.07) is 21.2. The SMILES string of the molecule is CN[C@@H](C)C(=O)N[C@@](C=O)(N1CC(=O)N2[C@@H](Cc3ccc4ccccc4c3)C(=O)N(C3Cc4ccccc4C3)C[C@@H]21)C(C)(C)C. The third-order valence-corrected chi connectivity index (χ3v) is 10.2. The molecule has 0 unspecified atom stereocenters. The fourth-order valence-electron chi connectivity index (χ4n) is 7.40. The molecule has 9 heteroatoms. The van der Waals surface area contributed by atoms with Crippen LogP contribution in [-0.4, -0.2) is 88.8 Å². The van der Waals surface area contributed by atoms with Crippen LogP contribution in [0.15, 0.2) is 66.7 Å². The van der Waals surface area contributed by atoms with Crippen LogP contribution in [0.25, 0.3) is 10.8 Å². The number of likely N-dealkylation sites (N-methyl/N-ethyl adjacent to an activating group) is 1. The second kappa shape index (κ2) is 11.7. The number of carbonyl (C=O) groups is 4. The average molecular weight is 610 g/mol. The lowest BCUT2D eigenvalue weighted by molar-refractivity contribution is -0.163. The molecule has 0 aromatic heterocycles. The van der Waals surface area contributed by atoms with E-state index in [-0.39, 0.29) is 36.9 Å². The van der Waals surface area contributed by atoms with Gasteiger partial charge in [-0.25, -0.2) is 4.90 Å². The van der Waals surface area contributed by atoms with E-state index in [0.717, 1.165) is 35.5 Å². The Morgan fingerprint density at radius 2 is 1.62 bits per heavy atom. The van der Waals surface area contributed by atoms with Crippen LogP contribution >= 0.6 is 0 Å². The van der Waals surface area contributed by atoms with E-state index < -0.39 is 29.3 Å². The van der Waals surface area contributed by atoms with Gasteiger partial charge in [0.05, 0.1) is 19.1 Å². The Kier molecular flexibility index (Phi) is 8.03. The van der Waals surface area contributed by atoms with E-state index in [9.17, 15) is 19.2 Å². The summed E-state index contributed by atoms with van der Waals surface area (Å²) in [4.78, 5) is 60.6. The molecule has 2 heterocycles. The number of carbonyl (C=O) groups excluding carboxylic acids is 4. The van der Waals surface area contributed by atoms with Gasteiger partial charge < -0.3 is 20.4 Å². The third-order valence-electron chi connectivity index (χ3n) is 10.2. The molecule has 0 radical (unpaired) electrons. The average Bonchev–Trinajstić information content (AvgIpc) is 3.60. The molecular weight excluding hydrogens is 566 g/mol. The van der Waals surface area contributed by atoms with Crippen molar-refractivity contribution < 1.29 is 19.2 Å². The lowest BCUT2D eigenvalue weighted by atomic mass is 9.79. The Labute approximate surface area is 264 Å². The number of rotatable bonds is 8. The number of hydrogen-bond donors (Lipinski definition) is 2. The van der Waals surface area contributed by atoms with Crippen LogP contribution in [0, 0.1) is 5.41 Å². The van der Waals surface area contributed by atoms with Gasteiger partial charge in [-0.15, -0.1) is 0 Å².